The number of nitrogens with one attached hydrogen (secondary N) is 2. The fourth-order valence-corrected chi connectivity index (χ4v) is 2.00. The first kappa shape index (κ1) is 15.9. The van der Waals surface area contributed by atoms with Crippen LogP contribution in [0, 0.1) is 0 Å². The molecule has 0 aliphatic rings. The highest BCUT2D eigenvalue weighted by Gasteiger charge is 2.06. The second-order valence-corrected chi connectivity index (χ2v) is 5.28. The summed E-state index contributed by atoms with van der Waals surface area (Å²) in [6.45, 7) is 4.70. The number of hydrogen-bond acceptors (Lipinski definition) is 3. The number of ether oxygens (including phenoxy) is 1. The Hall–Kier alpha value is -2.49. The molecule has 2 aromatic carbocycles. The lowest BCUT2D eigenvalue weighted by Gasteiger charge is -2.15. The molecule has 0 aliphatic heterocycles. The largest absolute Gasteiger partial charge is 0.489 e. The van der Waals surface area contributed by atoms with Gasteiger partial charge in [-0.3, -0.25) is 4.79 Å². The van der Waals surface area contributed by atoms with Crippen LogP contribution in [0.25, 0.3) is 0 Å². The molecule has 0 saturated carbocycles. The zero-order valence-corrected chi connectivity index (χ0v) is 13.0. The average Bonchev–Trinajstić information content (AvgIpc) is 2.52. The molecule has 0 bridgehead atoms. The lowest BCUT2D eigenvalue weighted by atomic mass is 10.2. The minimum Gasteiger partial charge on any atom is -0.489 e. The molecule has 0 saturated heterocycles. The Morgan fingerprint density at radius 2 is 1.73 bits per heavy atom. The maximum Gasteiger partial charge on any atom is 0.239 e. The van der Waals surface area contributed by atoms with Gasteiger partial charge in [0, 0.05) is 6.54 Å². The number of para-hydroxylation sites is 2. The first-order valence-electron chi connectivity index (χ1n) is 7.45. The predicted molar refractivity (Wildman–Crippen MR) is 89.0 cm³/mol. The van der Waals surface area contributed by atoms with Gasteiger partial charge in [-0.25, -0.2) is 0 Å². The van der Waals surface area contributed by atoms with Crippen LogP contribution >= 0.6 is 0 Å². The van der Waals surface area contributed by atoms with E-state index in [9.17, 15) is 4.79 Å². The molecule has 2 N–H and O–H groups in total. The van der Waals surface area contributed by atoms with Gasteiger partial charge >= 0.3 is 0 Å². The van der Waals surface area contributed by atoms with Gasteiger partial charge in [-0.15, -0.1) is 0 Å². The SMILES string of the molecule is CC(C)Oc1ccccc1NCC(=O)NCc1ccccc1. The fourth-order valence-electron chi connectivity index (χ4n) is 2.00. The second kappa shape index (κ2) is 8.08. The van der Waals surface area contributed by atoms with Gasteiger partial charge in [0.05, 0.1) is 18.3 Å². The van der Waals surface area contributed by atoms with Gasteiger partial charge in [0.25, 0.3) is 0 Å². The summed E-state index contributed by atoms with van der Waals surface area (Å²) in [5, 5.41) is 6.00. The molecule has 0 heterocycles. The molecule has 2 aromatic rings. The van der Waals surface area contributed by atoms with Gasteiger partial charge in [-0.1, -0.05) is 42.5 Å². The molecule has 0 aliphatic carbocycles. The van der Waals surface area contributed by atoms with Crippen molar-refractivity contribution in [1.29, 1.82) is 0 Å². The summed E-state index contributed by atoms with van der Waals surface area (Å²) >= 11 is 0. The van der Waals surface area contributed by atoms with E-state index in [1.807, 2.05) is 68.4 Å². The quantitative estimate of drug-likeness (QED) is 0.825. The van der Waals surface area contributed by atoms with E-state index in [0.29, 0.717) is 6.54 Å². The molecule has 0 atom stereocenters. The van der Waals surface area contributed by atoms with Crippen molar-refractivity contribution in [2.45, 2.75) is 26.5 Å². The van der Waals surface area contributed by atoms with E-state index in [1.54, 1.807) is 0 Å². The molecule has 0 aromatic heterocycles. The van der Waals surface area contributed by atoms with Crippen LogP contribution in [0.4, 0.5) is 5.69 Å². The second-order valence-electron chi connectivity index (χ2n) is 5.28. The molecule has 4 nitrogen and oxygen atoms in total. The molecular weight excluding hydrogens is 276 g/mol. The maximum absolute atomic E-state index is 11.9. The molecule has 116 valence electrons. The van der Waals surface area contributed by atoms with E-state index >= 15 is 0 Å². The fraction of sp³-hybridized carbons (Fsp3) is 0.278. The Kier molecular flexibility index (Phi) is 5.83. The third-order valence-electron chi connectivity index (χ3n) is 3.02. The smallest absolute Gasteiger partial charge is 0.239 e. The van der Waals surface area contributed by atoms with Crippen molar-refractivity contribution in [3.05, 3.63) is 60.2 Å². The minimum absolute atomic E-state index is 0.0526. The lowest BCUT2D eigenvalue weighted by Crippen LogP contribution is -2.29. The lowest BCUT2D eigenvalue weighted by molar-refractivity contribution is -0.119. The van der Waals surface area contributed by atoms with E-state index in [-0.39, 0.29) is 18.6 Å². The van der Waals surface area contributed by atoms with Crippen LogP contribution in [0.5, 0.6) is 5.75 Å². The van der Waals surface area contributed by atoms with Crippen molar-refractivity contribution in [3.8, 4) is 5.75 Å². The first-order valence-corrected chi connectivity index (χ1v) is 7.45. The Morgan fingerprint density at radius 1 is 1.05 bits per heavy atom. The van der Waals surface area contributed by atoms with Crippen molar-refractivity contribution in [2.24, 2.45) is 0 Å². The zero-order chi connectivity index (χ0) is 15.8. The number of carbonyl (C=O) groups excluding carboxylic acids is 1. The summed E-state index contributed by atoms with van der Waals surface area (Å²) in [6.07, 6.45) is 0.0925. The summed E-state index contributed by atoms with van der Waals surface area (Å²) in [5.74, 6) is 0.705. The Balaban J connectivity index is 1.83. The molecular formula is C18H22N2O2. The third-order valence-corrected chi connectivity index (χ3v) is 3.02. The Morgan fingerprint density at radius 3 is 2.45 bits per heavy atom. The summed E-state index contributed by atoms with van der Waals surface area (Å²) in [6, 6.07) is 17.5. The van der Waals surface area contributed by atoms with Gasteiger partial charge in [0.15, 0.2) is 0 Å². The number of benzene rings is 2. The van der Waals surface area contributed by atoms with Crippen LogP contribution in [0.3, 0.4) is 0 Å². The highest BCUT2D eigenvalue weighted by molar-refractivity contribution is 5.81. The zero-order valence-electron chi connectivity index (χ0n) is 13.0. The van der Waals surface area contributed by atoms with E-state index in [1.165, 1.54) is 0 Å². The van der Waals surface area contributed by atoms with Gasteiger partial charge in [0.1, 0.15) is 5.75 Å². The van der Waals surface area contributed by atoms with Crippen LogP contribution in [-0.4, -0.2) is 18.6 Å². The number of carbonyl (C=O) groups is 1. The molecule has 0 unspecified atom stereocenters. The van der Waals surface area contributed by atoms with Crippen molar-refractivity contribution < 1.29 is 9.53 Å². The number of rotatable bonds is 7. The summed E-state index contributed by atoms with van der Waals surface area (Å²) in [4.78, 5) is 11.9. The van der Waals surface area contributed by atoms with Gasteiger partial charge in [0.2, 0.25) is 5.91 Å². The molecule has 2 rings (SSSR count). The van der Waals surface area contributed by atoms with E-state index < -0.39 is 0 Å². The van der Waals surface area contributed by atoms with Crippen LogP contribution in [0.15, 0.2) is 54.6 Å². The van der Waals surface area contributed by atoms with Crippen molar-refractivity contribution in [1.82, 2.24) is 5.32 Å². The third kappa shape index (κ3) is 5.13. The molecule has 0 fully saturated rings. The monoisotopic (exact) mass is 298 g/mol. The normalized spacial score (nSPS) is 10.3. The number of amides is 1. The van der Waals surface area contributed by atoms with Crippen molar-refractivity contribution in [3.63, 3.8) is 0 Å². The van der Waals surface area contributed by atoms with Gasteiger partial charge in [-0.2, -0.15) is 0 Å². The van der Waals surface area contributed by atoms with Crippen molar-refractivity contribution >= 4 is 11.6 Å². The van der Waals surface area contributed by atoms with E-state index in [4.69, 9.17) is 4.74 Å². The minimum atomic E-state index is -0.0526. The van der Waals surface area contributed by atoms with Crippen LogP contribution in [0.2, 0.25) is 0 Å². The molecule has 0 spiro atoms. The summed E-state index contributed by atoms with van der Waals surface area (Å²) in [5.41, 5.74) is 1.91. The number of hydrogen-bond donors (Lipinski definition) is 2. The van der Waals surface area contributed by atoms with Crippen molar-refractivity contribution in [2.75, 3.05) is 11.9 Å². The summed E-state index contributed by atoms with van der Waals surface area (Å²) in [7, 11) is 0. The average molecular weight is 298 g/mol. The molecule has 4 heteroatoms. The van der Waals surface area contributed by atoms with Crippen LogP contribution < -0.4 is 15.4 Å². The number of anilines is 1. The standard InChI is InChI=1S/C18H22N2O2/c1-14(2)22-17-11-7-6-10-16(17)19-13-18(21)20-12-15-8-4-3-5-9-15/h3-11,14,19H,12-13H2,1-2H3,(H,20,21). The molecule has 22 heavy (non-hydrogen) atoms. The maximum atomic E-state index is 11.9. The topological polar surface area (TPSA) is 50.4 Å². The Labute approximate surface area is 131 Å². The molecule has 1 amide bonds. The predicted octanol–water partition coefficient (Wildman–Crippen LogP) is 3.20. The van der Waals surface area contributed by atoms with Gasteiger partial charge in [-0.05, 0) is 31.5 Å². The highest BCUT2D eigenvalue weighted by Crippen LogP contribution is 2.24. The van der Waals surface area contributed by atoms with E-state index in [2.05, 4.69) is 10.6 Å². The Bertz CT molecular complexity index is 597. The van der Waals surface area contributed by atoms with Gasteiger partial charge < -0.3 is 15.4 Å². The molecule has 0 radical (unpaired) electrons. The summed E-state index contributed by atoms with van der Waals surface area (Å²) < 4.78 is 5.71. The first-order chi connectivity index (χ1) is 10.6. The van der Waals surface area contributed by atoms with Crippen LogP contribution in [-0.2, 0) is 11.3 Å². The van der Waals surface area contributed by atoms with E-state index in [0.717, 1.165) is 17.0 Å². The highest BCUT2D eigenvalue weighted by atomic mass is 16.5. The van der Waals surface area contributed by atoms with Crippen LogP contribution in [0.1, 0.15) is 19.4 Å².